The summed E-state index contributed by atoms with van der Waals surface area (Å²) in [5, 5.41) is 4.84. The Hall–Kier alpha value is -2.50. The lowest BCUT2D eigenvalue weighted by molar-refractivity contribution is -0.114. The monoisotopic (exact) mass is 457 g/mol. The lowest BCUT2D eigenvalue weighted by Gasteiger charge is -2.27. The Labute approximate surface area is 191 Å². The Morgan fingerprint density at radius 3 is 2.48 bits per heavy atom. The van der Waals surface area contributed by atoms with Crippen molar-refractivity contribution in [3.05, 3.63) is 63.3 Å². The van der Waals surface area contributed by atoms with E-state index in [1.54, 1.807) is 12.1 Å². The summed E-state index contributed by atoms with van der Waals surface area (Å²) in [6, 6.07) is 11.4. The van der Waals surface area contributed by atoms with Gasteiger partial charge < -0.3 is 14.8 Å². The molecule has 5 nitrogen and oxygen atoms in total. The summed E-state index contributed by atoms with van der Waals surface area (Å²) >= 11 is 13.2. The molecule has 162 valence electrons. The van der Waals surface area contributed by atoms with Crippen molar-refractivity contribution in [1.82, 2.24) is 9.47 Å². The predicted octanol–water partition coefficient (Wildman–Crippen LogP) is 5.66. The number of rotatable bonds is 4. The molecule has 0 aliphatic carbocycles. The Kier molecular flexibility index (Phi) is 6.26. The fourth-order valence-electron chi connectivity index (χ4n) is 4.21. The van der Waals surface area contributed by atoms with Crippen LogP contribution in [0.15, 0.2) is 36.4 Å². The Bertz CT molecular complexity index is 1160. The number of nitrogens with zero attached hydrogens (tertiary/aromatic N) is 2. The molecule has 3 aromatic rings. The van der Waals surface area contributed by atoms with Crippen LogP contribution in [0.2, 0.25) is 10.0 Å². The molecule has 4 rings (SSSR count). The number of anilines is 1. The first-order chi connectivity index (χ1) is 14.8. The van der Waals surface area contributed by atoms with Gasteiger partial charge in [-0.25, -0.2) is 0 Å². The van der Waals surface area contributed by atoms with Gasteiger partial charge in [-0.2, -0.15) is 0 Å². The highest BCUT2D eigenvalue weighted by atomic mass is 35.5. The molecule has 2 amide bonds. The molecule has 2 heterocycles. The number of nitrogens with one attached hydrogen (secondary N) is 1. The largest absolute Gasteiger partial charge is 0.347 e. The topological polar surface area (TPSA) is 54.3 Å². The van der Waals surface area contributed by atoms with Gasteiger partial charge in [0.1, 0.15) is 0 Å². The van der Waals surface area contributed by atoms with Gasteiger partial charge >= 0.3 is 0 Å². The summed E-state index contributed by atoms with van der Waals surface area (Å²) < 4.78 is 2.06. The maximum Gasteiger partial charge on any atom is 0.255 e. The molecule has 0 saturated carbocycles. The van der Waals surface area contributed by atoms with Crippen molar-refractivity contribution in [3.8, 4) is 0 Å². The van der Waals surface area contributed by atoms with Crippen LogP contribution >= 0.6 is 23.2 Å². The number of fused-ring (bicyclic) bond motifs is 1. The first-order valence-corrected chi connectivity index (χ1v) is 11.2. The summed E-state index contributed by atoms with van der Waals surface area (Å²) in [4.78, 5) is 26.3. The number of aromatic nitrogens is 1. The Morgan fingerprint density at radius 2 is 1.77 bits per heavy atom. The minimum absolute atomic E-state index is 0.0281. The molecular weight excluding hydrogens is 433 g/mol. The molecule has 1 N–H and O–H groups in total. The van der Waals surface area contributed by atoms with Gasteiger partial charge in [0.25, 0.3) is 5.91 Å². The molecule has 2 aromatic carbocycles. The molecule has 7 heteroatoms. The molecule has 0 atom stereocenters. The van der Waals surface area contributed by atoms with Gasteiger partial charge in [0, 0.05) is 55.3 Å². The molecule has 1 aliphatic rings. The van der Waals surface area contributed by atoms with Crippen LogP contribution in [-0.4, -0.2) is 34.4 Å². The van der Waals surface area contributed by atoms with Crippen LogP contribution in [0.5, 0.6) is 0 Å². The second-order valence-electron chi connectivity index (χ2n) is 8.07. The number of carbonyl (C=O) groups is 2. The lowest BCUT2D eigenvalue weighted by atomic mass is 10.0. The van der Waals surface area contributed by atoms with Crippen molar-refractivity contribution in [1.29, 1.82) is 0 Å². The smallest absolute Gasteiger partial charge is 0.255 e. The summed E-state index contributed by atoms with van der Waals surface area (Å²) in [5.74, 6) is -0.137. The third-order valence-electron chi connectivity index (χ3n) is 5.88. The van der Waals surface area contributed by atoms with E-state index in [1.807, 2.05) is 30.1 Å². The fourth-order valence-corrected chi connectivity index (χ4v) is 4.80. The number of amides is 2. The van der Waals surface area contributed by atoms with Crippen LogP contribution < -0.4 is 5.32 Å². The minimum atomic E-state index is -0.109. The van der Waals surface area contributed by atoms with Crippen LogP contribution in [-0.2, 0) is 18.3 Å². The van der Waals surface area contributed by atoms with E-state index < -0.39 is 0 Å². The average molecular weight is 458 g/mol. The van der Waals surface area contributed by atoms with E-state index in [0.29, 0.717) is 22.0 Å². The highest BCUT2D eigenvalue weighted by Gasteiger charge is 2.23. The highest BCUT2D eigenvalue weighted by Crippen LogP contribution is 2.33. The van der Waals surface area contributed by atoms with Crippen LogP contribution in [0, 0.1) is 0 Å². The van der Waals surface area contributed by atoms with Crippen LogP contribution in [0.25, 0.3) is 10.9 Å². The highest BCUT2D eigenvalue weighted by molar-refractivity contribution is 6.38. The van der Waals surface area contributed by atoms with Crippen molar-refractivity contribution < 1.29 is 9.59 Å². The first-order valence-electron chi connectivity index (χ1n) is 10.5. The maximum absolute atomic E-state index is 13.0. The number of piperidine rings is 1. The zero-order chi connectivity index (χ0) is 22.1. The molecule has 31 heavy (non-hydrogen) atoms. The quantitative estimate of drug-likeness (QED) is 0.549. The third kappa shape index (κ3) is 4.43. The van der Waals surface area contributed by atoms with E-state index in [4.69, 9.17) is 23.2 Å². The van der Waals surface area contributed by atoms with E-state index in [2.05, 4.69) is 16.0 Å². The summed E-state index contributed by atoms with van der Waals surface area (Å²) in [5.41, 5.74) is 4.02. The molecule has 0 unspecified atom stereocenters. The molecule has 1 saturated heterocycles. The van der Waals surface area contributed by atoms with Gasteiger partial charge in [0.15, 0.2) is 0 Å². The van der Waals surface area contributed by atoms with E-state index in [1.165, 1.54) is 6.92 Å². The van der Waals surface area contributed by atoms with Crippen molar-refractivity contribution in [3.63, 3.8) is 0 Å². The fraction of sp³-hybridized carbons (Fsp3) is 0.333. The van der Waals surface area contributed by atoms with Crippen LogP contribution in [0.4, 0.5) is 5.69 Å². The summed E-state index contributed by atoms with van der Waals surface area (Å²) in [7, 11) is 1.97. The van der Waals surface area contributed by atoms with Gasteiger partial charge in [0.05, 0.1) is 16.1 Å². The van der Waals surface area contributed by atoms with Crippen molar-refractivity contribution in [2.75, 3.05) is 18.4 Å². The van der Waals surface area contributed by atoms with E-state index >= 15 is 0 Å². The molecular formula is C24H25Cl2N3O2. The lowest BCUT2D eigenvalue weighted by Crippen LogP contribution is -2.35. The van der Waals surface area contributed by atoms with Crippen molar-refractivity contribution in [2.45, 2.75) is 32.6 Å². The number of hydrogen-bond donors (Lipinski definition) is 1. The minimum Gasteiger partial charge on any atom is -0.347 e. The normalized spacial score (nSPS) is 14.1. The van der Waals surface area contributed by atoms with Gasteiger partial charge in [0.2, 0.25) is 5.91 Å². The number of hydrogen-bond acceptors (Lipinski definition) is 2. The Morgan fingerprint density at radius 1 is 1.03 bits per heavy atom. The Balaban J connectivity index is 1.67. The first kappa shape index (κ1) is 21.7. The second-order valence-corrected chi connectivity index (χ2v) is 8.85. The van der Waals surface area contributed by atoms with Crippen LogP contribution in [0.3, 0.4) is 0 Å². The zero-order valence-corrected chi connectivity index (χ0v) is 19.2. The molecule has 1 aliphatic heterocycles. The van der Waals surface area contributed by atoms with Gasteiger partial charge in [-0.05, 0) is 55.2 Å². The maximum atomic E-state index is 13.0. The number of likely N-dealkylation sites (tertiary alicyclic amines) is 1. The zero-order valence-electron chi connectivity index (χ0n) is 17.7. The average Bonchev–Trinajstić information content (AvgIpc) is 3.06. The predicted molar refractivity (Wildman–Crippen MR) is 126 cm³/mol. The number of carbonyl (C=O) groups excluding carboxylic acids is 2. The van der Waals surface area contributed by atoms with Gasteiger partial charge in [-0.15, -0.1) is 0 Å². The summed E-state index contributed by atoms with van der Waals surface area (Å²) in [6.07, 6.45) is 3.72. The van der Waals surface area contributed by atoms with E-state index in [-0.39, 0.29) is 11.8 Å². The number of aryl methyl sites for hydroxylation is 1. The molecule has 0 radical (unpaired) electrons. The second kappa shape index (κ2) is 8.93. The SMILES string of the molecule is CC(=O)Nc1ccc2cc(Cc3c(Cl)ccc(C(=O)N4CCCCC4)c3Cl)n(C)c2c1. The molecule has 0 bridgehead atoms. The number of halogens is 2. The van der Waals surface area contributed by atoms with Crippen molar-refractivity contribution >= 4 is 51.6 Å². The van der Waals surface area contributed by atoms with Crippen LogP contribution in [0.1, 0.15) is 47.8 Å². The summed E-state index contributed by atoms with van der Waals surface area (Å²) in [6.45, 7) is 3.03. The number of benzene rings is 2. The third-order valence-corrected chi connectivity index (χ3v) is 6.67. The molecule has 1 aromatic heterocycles. The standard InChI is InChI=1S/C24H25Cl2N3O2/c1-15(30)27-17-7-6-16-12-18(28(2)22(16)13-17)14-20-21(25)9-8-19(23(20)26)24(31)29-10-4-3-5-11-29/h6-9,12-13H,3-5,10-11,14H2,1-2H3,(H,27,30). The molecule has 0 spiro atoms. The van der Waals surface area contributed by atoms with Crippen molar-refractivity contribution in [2.24, 2.45) is 7.05 Å². The molecule has 1 fully saturated rings. The van der Waals surface area contributed by atoms with Gasteiger partial charge in [-0.3, -0.25) is 9.59 Å². The van der Waals surface area contributed by atoms with E-state index in [9.17, 15) is 9.59 Å². The van der Waals surface area contributed by atoms with Gasteiger partial charge in [-0.1, -0.05) is 29.3 Å². The van der Waals surface area contributed by atoms with E-state index in [0.717, 1.165) is 60.2 Å².